The average Bonchev–Trinajstić information content (AvgIpc) is 2.86. The highest BCUT2D eigenvalue weighted by Gasteiger charge is 2.28. The average molecular weight is 288 g/mol. The molecule has 3 heteroatoms. The van der Waals surface area contributed by atoms with Crippen molar-refractivity contribution in [3.8, 4) is 0 Å². The number of rotatable bonds is 2. The number of benzene rings is 1. The van der Waals surface area contributed by atoms with Gasteiger partial charge in [0.05, 0.1) is 15.7 Å². The molecule has 0 spiro atoms. The number of piperidine rings is 1. The van der Waals surface area contributed by atoms with Crippen LogP contribution in [0.4, 0.5) is 0 Å². The second-order valence-electron chi connectivity index (χ2n) is 7.07. The maximum absolute atomic E-state index is 4.42. The molecule has 2 nitrogen and oxygen atoms in total. The first kappa shape index (κ1) is 14.0. The second-order valence-corrected chi connectivity index (χ2v) is 7.96. The van der Waals surface area contributed by atoms with Gasteiger partial charge in [-0.3, -0.25) is 4.90 Å². The van der Waals surface area contributed by atoms with E-state index in [0.29, 0.717) is 5.41 Å². The molecule has 0 bridgehead atoms. The van der Waals surface area contributed by atoms with Gasteiger partial charge in [0.2, 0.25) is 0 Å². The molecule has 2 aromatic rings. The number of hydrogen-bond acceptors (Lipinski definition) is 3. The fourth-order valence-corrected chi connectivity index (χ4v) is 3.88. The van der Waals surface area contributed by atoms with Crippen LogP contribution in [0.15, 0.2) is 23.7 Å². The first-order chi connectivity index (χ1) is 9.52. The summed E-state index contributed by atoms with van der Waals surface area (Å²) < 4.78 is 1.29. The first-order valence-corrected chi connectivity index (χ1v) is 8.45. The lowest BCUT2D eigenvalue weighted by Gasteiger charge is -2.38. The van der Waals surface area contributed by atoms with Crippen molar-refractivity contribution >= 4 is 21.6 Å². The maximum Gasteiger partial charge on any atom is 0.0815 e. The Balaban J connectivity index is 1.62. The summed E-state index contributed by atoms with van der Waals surface area (Å²) in [6.07, 6.45) is 2.67. The Morgan fingerprint density at radius 3 is 2.70 bits per heavy atom. The molecule has 108 valence electrons. The number of hydrogen-bond donors (Lipinski definition) is 0. The van der Waals surface area contributed by atoms with E-state index in [1.165, 1.54) is 36.2 Å². The third-order valence-electron chi connectivity index (χ3n) is 4.61. The minimum absolute atomic E-state index is 0.464. The molecule has 0 amide bonds. The fourth-order valence-electron chi connectivity index (χ4n) is 3.22. The van der Waals surface area contributed by atoms with E-state index in [0.717, 1.165) is 18.0 Å². The van der Waals surface area contributed by atoms with E-state index in [1.54, 1.807) is 11.3 Å². The SMILES string of the molecule is CC(C)(C)C1CCN(Cc2ccc3scnc3c2)CC1. The van der Waals surface area contributed by atoms with Gasteiger partial charge in [0.1, 0.15) is 0 Å². The molecule has 1 aromatic heterocycles. The number of thiazole rings is 1. The van der Waals surface area contributed by atoms with Crippen LogP contribution in [0.25, 0.3) is 10.2 Å². The quantitative estimate of drug-likeness (QED) is 0.805. The van der Waals surface area contributed by atoms with Crippen molar-refractivity contribution in [2.75, 3.05) is 13.1 Å². The summed E-state index contributed by atoms with van der Waals surface area (Å²) in [7, 11) is 0. The highest BCUT2D eigenvalue weighted by Crippen LogP contribution is 2.34. The number of likely N-dealkylation sites (tertiary alicyclic amines) is 1. The van der Waals surface area contributed by atoms with Crippen LogP contribution in [0, 0.1) is 11.3 Å². The molecule has 1 fully saturated rings. The van der Waals surface area contributed by atoms with Crippen LogP contribution in [-0.4, -0.2) is 23.0 Å². The molecule has 3 rings (SSSR count). The van der Waals surface area contributed by atoms with E-state index in [1.807, 2.05) is 5.51 Å². The van der Waals surface area contributed by atoms with Crippen LogP contribution in [0.2, 0.25) is 0 Å². The van der Waals surface area contributed by atoms with Gasteiger partial charge in [0.25, 0.3) is 0 Å². The van der Waals surface area contributed by atoms with Gasteiger partial charge in [-0.05, 0) is 55.0 Å². The van der Waals surface area contributed by atoms with E-state index in [-0.39, 0.29) is 0 Å². The summed E-state index contributed by atoms with van der Waals surface area (Å²) in [5, 5.41) is 0. The summed E-state index contributed by atoms with van der Waals surface area (Å²) >= 11 is 1.72. The van der Waals surface area contributed by atoms with Gasteiger partial charge in [-0.15, -0.1) is 11.3 Å². The van der Waals surface area contributed by atoms with Crippen LogP contribution in [0.3, 0.4) is 0 Å². The van der Waals surface area contributed by atoms with Gasteiger partial charge in [-0.2, -0.15) is 0 Å². The first-order valence-electron chi connectivity index (χ1n) is 7.57. The molecule has 0 unspecified atom stereocenters. The van der Waals surface area contributed by atoms with Gasteiger partial charge in [-0.25, -0.2) is 4.98 Å². The van der Waals surface area contributed by atoms with Crippen molar-refractivity contribution < 1.29 is 0 Å². The van der Waals surface area contributed by atoms with E-state index < -0.39 is 0 Å². The third kappa shape index (κ3) is 3.04. The van der Waals surface area contributed by atoms with E-state index in [2.05, 4.69) is 48.9 Å². The Morgan fingerprint density at radius 2 is 2.00 bits per heavy atom. The Morgan fingerprint density at radius 1 is 1.25 bits per heavy atom. The lowest BCUT2D eigenvalue weighted by atomic mass is 9.75. The van der Waals surface area contributed by atoms with Crippen LogP contribution in [-0.2, 0) is 6.54 Å². The van der Waals surface area contributed by atoms with Crippen molar-refractivity contribution in [2.45, 2.75) is 40.2 Å². The third-order valence-corrected chi connectivity index (χ3v) is 5.42. The molecule has 0 N–H and O–H groups in total. The summed E-state index contributed by atoms with van der Waals surface area (Å²) in [5.74, 6) is 0.875. The van der Waals surface area contributed by atoms with Gasteiger partial charge < -0.3 is 0 Å². The van der Waals surface area contributed by atoms with E-state index >= 15 is 0 Å². The summed E-state index contributed by atoms with van der Waals surface area (Å²) in [4.78, 5) is 7.01. The van der Waals surface area contributed by atoms with Crippen LogP contribution >= 0.6 is 11.3 Å². The molecule has 20 heavy (non-hydrogen) atoms. The molecular weight excluding hydrogens is 264 g/mol. The minimum atomic E-state index is 0.464. The summed E-state index contributed by atoms with van der Waals surface area (Å²) in [6.45, 7) is 10.7. The zero-order chi connectivity index (χ0) is 14.2. The van der Waals surface area contributed by atoms with Gasteiger partial charge in [0.15, 0.2) is 0 Å². The summed E-state index contributed by atoms with van der Waals surface area (Å²) in [6, 6.07) is 6.72. The van der Waals surface area contributed by atoms with Crippen molar-refractivity contribution in [2.24, 2.45) is 11.3 Å². The Kier molecular flexibility index (Phi) is 3.83. The fraction of sp³-hybridized carbons (Fsp3) is 0.588. The molecular formula is C17H24N2S. The Bertz CT molecular complexity index is 574. The van der Waals surface area contributed by atoms with Gasteiger partial charge in [-0.1, -0.05) is 26.8 Å². The van der Waals surface area contributed by atoms with Crippen LogP contribution in [0.1, 0.15) is 39.2 Å². The normalized spacial score (nSPS) is 18.8. The molecule has 0 radical (unpaired) electrons. The molecule has 1 aliphatic heterocycles. The largest absolute Gasteiger partial charge is 0.299 e. The molecule has 2 heterocycles. The van der Waals surface area contributed by atoms with Gasteiger partial charge >= 0.3 is 0 Å². The van der Waals surface area contributed by atoms with Crippen molar-refractivity contribution in [1.29, 1.82) is 0 Å². The van der Waals surface area contributed by atoms with Gasteiger partial charge in [0, 0.05) is 6.54 Å². The van der Waals surface area contributed by atoms with Crippen LogP contribution < -0.4 is 0 Å². The van der Waals surface area contributed by atoms with Crippen LogP contribution in [0.5, 0.6) is 0 Å². The highest BCUT2D eigenvalue weighted by atomic mass is 32.1. The topological polar surface area (TPSA) is 16.1 Å². The molecule has 0 atom stereocenters. The highest BCUT2D eigenvalue weighted by molar-refractivity contribution is 7.16. The molecule has 0 aliphatic carbocycles. The Hall–Kier alpha value is -0.930. The lowest BCUT2D eigenvalue weighted by molar-refractivity contribution is 0.108. The predicted octanol–water partition coefficient (Wildman–Crippen LogP) is 4.55. The minimum Gasteiger partial charge on any atom is -0.299 e. The molecule has 1 aliphatic rings. The summed E-state index contributed by atoms with van der Waals surface area (Å²) in [5.41, 5.74) is 4.95. The number of aromatic nitrogens is 1. The van der Waals surface area contributed by atoms with E-state index in [9.17, 15) is 0 Å². The molecule has 1 saturated heterocycles. The van der Waals surface area contributed by atoms with Crippen molar-refractivity contribution in [3.63, 3.8) is 0 Å². The predicted molar refractivity (Wildman–Crippen MR) is 87.1 cm³/mol. The molecule has 0 saturated carbocycles. The lowest BCUT2D eigenvalue weighted by Crippen LogP contribution is -2.37. The Labute approximate surface area is 125 Å². The number of fused-ring (bicyclic) bond motifs is 1. The smallest absolute Gasteiger partial charge is 0.0815 e. The van der Waals surface area contributed by atoms with Crippen molar-refractivity contribution in [1.82, 2.24) is 9.88 Å². The monoisotopic (exact) mass is 288 g/mol. The zero-order valence-electron chi connectivity index (χ0n) is 12.7. The zero-order valence-corrected chi connectivity index (χ0v) is 13.5. The maximum atomic E-state index is 4.42. The van der Waals surface area contributed by atoms with E-state index in [4.69, 9.17) is 0 Å². The standard InChI is InChI=1S/C17H24N2S/c1-17(2,3)14-6-8-19(9-7-14)11-13-4-5-16-15(10-13)18-12-20-16/h4-5,10,12,14H,6-9,11H2,1-3H3. The van der Waals surface area contributed by atoms with Crippen molar-refractivity contribution in [3.05, 3.63) is 29.3 Å². The number of nitrogens with zero attached hydrogens (tertiary/aromatic N) is 2. The second kappa shape index (κ2) is 5.45. The molecule has 1 aromatic carbocycles.